The van der Waals surface area contributed by atoms with E-state index in [9.17, 15) is 4.57 Å². The number of anilines is 1. The lowest BCUT2D eigenvalue weighted by atomic mass is 10.2. The first-order valence-electron chi connectivity index (χ1n) is 3.56. The number of benzene rings is 1. The van der Waals surface area contributed by atoms with E-state index in [4.69, 9.17) is 10.3 Å². The highest BCUT2D eigenvalue weighted by molar-refractivity contribution is 7.38. The van der Waals surface area contributed by atoms with Crippen LogP contribution in [0.3, 0.4) is 0 Å². The molecule has 12 heavy (non-hydrogen) atoms. The Labute approximate surface area is 72.4 Å². The third kappa shape index (κ3) is 2.99. The molecule has 1 unspecified atom stereocenters. The molecule has 0 spiro atoms. The fourth-order valence-corrected chi connectivity index (χ4v) is 1.11. The van der Waals surface area contributed by atoms with Crippen LogP contribution in [0.4, 0.5) is 5.69 Å². The Kier molecular flexibility index (Phi) is 3.20. The lowest BCUT2D eigenvalue weighted by Gasteiger charge is -1.95. The van der Waals surface area contributed by atoms with Crippen LogP contribution in [0.5, 0.6) is 0 Å². The lowest BCUT2D eigenvalue weighted by Crippen LogP contribution is -1.87. The molecule has 3 nitrogen and oxygen atoms in total. The van der Waals surface area contributed by atoms with Crippen molar-refractivity contribution >= 4 is 13.7 Å². The van der Waals surface area contributed by atoms with Crippen LogP contribution >= 0.6 is 8.03 Å². The van der Waals surface area contributed by atoms with Gasteiger partial charge in [-0.15, -0.1) is 4.52 Å². The number of hydrogen-bond donors (Lipinski definition) is 1. The van der Waals surface area contributed by atoms with Crippen molar-refractivity contribution in [2.75, 3.05) is 12.4 Å². The van der Waals surface area contributed by atoms with Crippen LogP contribution in [0.2, 0.25) is 0 Å². The van der Waals surface area contributed by atoms with Gasteiger partial charge in [-0.3, -0.25) is 0 Å². The van der Waals surface area contributed by atoms with Crippen LogP contribution in [0.1, 0.15) is 5.56 Å². The third-order valence-electron chi connectivity index (χ3n) is 1.39. The molecule has 0 aliphatic heterocycles. The van der Waals surface area contributed by atoms with E-state index in [1.54, 1.807) is 12.1 Å². The summed E-state index contributed by atoms with van der Waals surface area (Å²) in [6.07, 6.45) is 0. The van der Waals surface area contributed by atoms with Gasteiger partial charge in [-0.25, -0.2) is 0 Å². The fraction of sp³-hybridized carbons (Fsp3) is 0.250. The highest BCUT2D eigenvalue weighted by atomic mass is 31.1. The SMILES string of the molecule is C[P+](=O)OCc1ccc(N)cc1. The predicted molar refractivity (Wildman–Crippen MR) is 49.2 cm³/mol. The molecule has 1 aromatic rings. The van der Waals surface area contributed by atoms with Crippen molar-refractivity contribution in [2.45, 2.75) is 6.61 Å². The molecule has 0 radical (unpaired) electrons. The van der Waals surface area contributed by atoms with E-state index in [1.165, 1.54) is 6.66 Å². The van der Waals surface area contributed by atoms with Gasteiger partial charge in [0.2, 0.25) is 0 Å². The average molecular weight is 184 g/mol. The summed E-state index contributed by atoms with van der Waals surface area (Å²) >= 11 is 0. The minimum Gasteiger partial charge on any atom is -0.399 e. The molecule has 1 atom stereocenters. The van der Waals surface area contributed by atoms with Crippen molar-refractivity contribution in [3.63, 3.8) is 0 Å². The van der Waals surface area contributed by atoms with Crippen molar-refractivity contribution in [3.8, 4) is 0 Å². The van der Waals surface area contributed by atoms with Crippen molar-refractivity contribution in [3.05, 3.63) is 29.8 Å². The van der Waals surface area contributed by atoms with Gasteiger partial charge < -0.3 is 5.73 Å². The van der Waals surface area contributed by atoms with Crippen molar-refractivity contribution in [1.82, 2.24) is 0 Å². The van der Waals surface area contributed by atoms with Gasteiger partial charge in [0, 0.05) is 5.69 Å². The first kappa shape index (κ1) is 9.17. The van der Waals surface area contributed by atoms with Gasteiger partial charge in [0.25, 0.3) is 0 Å². The van der Waals surface area contributed by atoms with E-state index in [1.807, 2.05) is 12.1 Å². The summed E-state index contributed by atoms with van der Waals surface area (Å²) in [4.78, 5) is 0. The van der Waals surface area contributed by atoms with E-state index in [-0.39, 0.29) is 0 Å². The molecule has 0 aromatic heterocycles. The molecule has 0 amide bonds. The maximum atomic E-state index is 10.6. The van der Waals surface area contributed by atoms with Gasteiger partial charge in [0.15, 0.2) is 6.66 Å². The molecule has 0 fully saturated rings. The van der Waals surface area contributed by atoms with Crippen LogP contribution in [0.25, 0.3) is 0 Å². The zero-order chi connectivity index (χ0) is 8.97. The van der Waals surface area contributed by atoms with Crippen molar-refractivity contribution in [2.24, 2.45) is 0 Å². The molecule has 1 aromatic carbocycles. The zero-order valence-electron chi connectivity index (χ0n) is 6.86. The number of nitrogens with two attached hydrogens (primary N) is 1. The molecule has 0 saturated carbocycles. The maximum Gasteiger partial charge on any atom is 0.505 e. The highest BCUT2D eigenvalue weighted by Gasteiger charge is 2.06. The van der Waals surface area contributed by atoms with Gasteiger partial charge in [0.1, 0.15) is 6.61 Å². The fourth-order valence-electron chi connectivity index (χ4n) is 0.779. The quantitative estimate of drug-likeness (QED) is 0.578. The lowest BCUT2D eigenvalue weighted by molar-refractivity contribution is 0.322. The van der Waals surface area contributed by atoms with Crippen LogP contribution in [0.15, 0.2) is 24.3 Å². The van der Waals surface area contributed by atoms with Crippen molar-refractivity contribution < 1.29 is 9.09 Å². The zero-order valence-corrected chi connectivity index (χ0v) is 7.75. The standard InChI is InChI=1S/C8H11NO2P/c1-12(10)11-6-7-2-4-8(9)5-3-7/h2-5H,6,9H2,1H3/q+1. The Hall–Kier alpha value is -0.920. The highest BCUT2D eigenvalue weighted by Crippen LogP contribution is 2.18. The minimum atomic E-state index is -1.51. The molecule has 1 rings (SSSR count). The van der Waals surface area contributed by atoms with Gasteiger partial charge in [0.05, 0.1) is 0 Å². The second-order valence-corrected chi connectivity index (χ2v) is 3.59. The smallest absolute Gasteiger partial charge is 0.399 e. The van der Waals surface area contributed by atoms with Crippen LogP contribution in [-0.2, 0) is 15.7 Å². The molecule has 2 N–H and O–H groups in total. The number of nitrogen functional groups attached to an aromatic ring is 1. The molecular weight excluding hydrogens is 173 g/mol. The summed E-state index contributed by atoms with van der Waals surface area (Å²) in [5.74, 6) is 0. The van der Waals surface area contributed by atoms with Gasteiger partial charge in [-0.2, -0.15) is 0 Å². The van der Waals surface area contributed by atoms with Gasteiger partial charge >= 0.3 is 8.03 Å². The first-order chi connectivity index (χ1) is 5.68. The average Bonchev–Trinajstić information content (AvgIpc) is 2.03. The predicted octanol–water partition coefficient (Wildman–Crippen LogP) is 2.16. The Morgan fingerprint density at radius 1 is 1.42 bits per heavy atom. The Bertz CT molecular complexity index is 271. The summed E-state index contributed by atoms with van der Waals surface area (Å²) < 4.78 is 15.5. The number of rotatable bonds is 3. The Morgan fingerprint density at radius 3 is 2.50 bits per heavy atom. The topological polar surface area (TPSA) is 52.3 Å². The molecule has 0 aliphatic carbocycles. The summed E-state index contributed by atoms with van der Waals surface area (Å²) in [5.41, 5.74) is 7.19. The normalized spacial score (nSPS) is 11.2. The Balaban J connectivity index is 2.53. The summed E-state index contributed by atoms with van der Waals surface area (Å²) in [7, 11) is -1.51. The monoisotopic (exact) mass is 184 g/mol. The summed E-state index contributed by atoms with van der Waals surface area (Å²) in [6, 6.07) is 7.30. The van der Waals surface area contributed by atoms with E-state index < -0.39 is 8.03 Å². The molecular formula is C8H11NO2P+. The van der Waals surface area contributed by atoms with Gasteiger partial charge in [-0.05, 0) is 22.3 Å². The van der Waals surface area contributed by atoms with E-state index in [0.717, 1.165) is 11.3 Å². The largest absolute Gasteiger partial charge is 0.505 e. The first-order valence-corrected chi connectivity index (χ1v) is 5.19. The molecule has 4 heteroatoms. The Morgan fingerprint density at radius 2 is 2.00 bits per heavy atom. The molecule has 0 saturated heterocycles. The van der Waals surface area contributed by atoms with Gasteiger partial charge in [-0.1, -0.05) is 12.1 Å². The minimum absolute atomic E-state index is 0.381. The summed E-state index contributed by atoms with van der Waals surface area (Å²) in [5, 5.41) is 0. The van der Waals surface area contributed by atoms with Crippen molar-refractivity contribution in [1.29, 1.82) is 0 Å². The van der Waals surface area contributed by atoms with Crippen LogP contribution in [-0.4, -0.2) is 6.66 Å². The summed E-state index contributed by atoms with van der Waals surface area (Å²) in [6.45, 7) is 1.92. The maximum absolute atomic E-state index is 10.6. The molecule has 0 bridgehead atoms. The van der Waals surface area contributed by atoms with Crippen LogP contribution < -0.4 is 5.73 Å². The van der Waals surface area contributed by atoms with E-state index in [0.29, 0.717) is 6.61 Å². The van der Waals surface area contributed by atoms with E-state index >= 15 is 0 Å². The van der Waals surface area contributed by atoms with E-state index in [2.05, 4.69) is 0 Å². The second kappa shape index (κ2) is 4.19. The molecule has 64 valence electrons. The third-order valence-corrected chi connectivity index (χ3v) is 1.89. The molecule has 0 heterocycles. The second-order valence-electron chi connectivity index (χ2n) is 2.45. The molecule has 0 aliphatic rings. The number of hydrogen-bond acceptors (Lipinski definition) is 3. The van der Waals surface area contributed by atoms with Crippen LogP contribution in [0, 0.1) is 0 Å².